The first kappa shape index (κ1) is 18.7. The number of carbonyl (C=O) groups excluding carboxylic acids is 1. The summed E-state index contributed by atoms with van der Waals surface area (Å²) in [6.07, 6.45) is 4.08. The van der Waals surface area contributed by atoms with Gasteiger partial charge >= 0.3 is 6.09 Å². The van der Waals surface area contributed by atoms with Gasteiger partial charge in [-0.15, -0.1) is 0 Å². The van der Waals surface area contributed by atoms with Crippen molar-refractivity contribution < 1.29 is 14.6 Å². The predicted molar refractivity (Wildman–Crippen MR) is 98.5 cm³/mol. The number of nitriles is 1. The van der Waals surface area contributed by atoms with Crippen molar-refractivity contribution in [2.45, 2.75) is 82.6 Å². The van der Waals surface area contributed by atoms with Crippen molar-refractivity contribution in [3.63, 3.8) is 0 Å². The minimum absolute atomic E-state index is 0.00315. The van der Waals surface area contributed by atoms with Crippen LogP contribution in [0.5, 0.6) is 0 Å². The van der Waals surface area contributed by atoms with E-state index in [1.165, 1.54) is 0 Å². The fourth-order valence-corrected chi connectivity index (χ4v) is 4.42. The quantitative estimate of drug-likeness (QED) is 0.875. The largest absolute Gasteiger partial charge is 0.444 e. The van der Waals surface area contributed by atoms with Crippen molar-refractivity contribution in [1.82, 2.24) is 4.90 Å². The molecule has 2 bridgehead atoms. The number of hydrogen-bond donors (Lipinski definition) is 1. The fraction of sp³-hybridized carbons (Fsp3) is 0.619. The monoisotopic (exact) mass is 356 g/mol. The maximum absolute atomic E-state index is 12.7. The third kappa shape index (κ3) is 4.02. The Labute approximate surface area is 155 Å². The molecule has 1 aromatic carbocycles. The second-order valence-electron chi connectivity index (χ2n) is 8.70. The molecular formula is C21H28N2O3. The summed E-state index contributed by atoms with van der Waals surface area (Å²) in [5, 5.41) is 20.6. The van der Waals surface area contributed by atoms with Crippen molar-refractivity contribution >= 4 is 6.09 Å². The van der Waals surface area contributed by atoms with Gasteiger partial charge in [-0.05, 0) is 64.5 Å². The number of aliphatic hydroxyl groups is 1. The number of fused-ring (bicyclic) bond motifs is 2. The molecule has 2 fully saturated rings. The van der Waals surface area contributed by atoms with Crippen LogP contribution in [0.2, 0.25) is 0 Å². The van der Waals surface area contributed by atoms with Gasteiger partial charge in [0.2, 0.25) is 0 Å². The van der Waals surface area contributed by atoms with Gasteiger partial charge in [-0.2, -0.15) is 5.26 Å². The van der Waals surface area contributed by atoms with Gasteiger partial charge in [0.05, 0.1) is 17.2 Å². The zero-order chi connectivity index (χ0) is 18.9. The molecule has 0 radical (unpaired) electrons. The number of hydrogen-bond acceptors (Lipinski definition) is 4. The molecule has 2 saturated heterocycles. The first-order valence-corrected chi connectivity index (χ1v) is 9.42. The van der Waals surface area contributed by atoms with Gasteiger partial charge in [0.25, 0.3) is 0 Å². The predicted octanol–water partition coefficient (Wildman–Crippen LogP) is 3.78. The summed E-state index contributed by atoms with van der Waals surface area (Å²) >= 11 is 0. The summed E-state index contributed by atoms with van der Waals surface area (Å²) in [4.78, 5) is 14.5. The van der Waals surface area contributed by atoms with Crippen LogP contribution in [0.1, 0.15) is 64.0 Å². The highest BCUT2D eigenvalue weighted by Crippen LogP contribution is 2.41. The molecule has 5 heteroatoms. The van der Waals surface area contributed by atoms with Crippen LogP contribution in [0.3, 0.4) is 0 Å². The minimum Gasteiger partial charge on any atom is -0.444 e. The normalized spacial score (nSPS) is 28.3. The Balaban J connectivity index is 1.78. The van der Waals surface area contributed by atoms with Gasteiger partial charge in [-0.1, -0.05) is 18.2 Å². The van der Waals surface area contributed by atoms with Crippen LogP contribution in [0, 0.1) is 11.3 Å². The van der Waals surface area contributed by atoms with E-state index in [0.717, 1.165) is 24.8 Å². The summed E-state index contributed by atoms with van der Waals surface area (Å²) < 4.78 is 5.60. The van der Waals surface area contributed by atoms with Crippen molar-refractivity contribution in [2.24, 2.45) is 0 Å². The molecule has 2 atom stereocenters. The Morgan fingerprint density at radius 2 is 1.92 bits per heavy atom. The molecule has 2 heterocycles. The summed E-state index contributed by atoms with van der Waals surface area (Å²) in [6, 6.07) is 9.64. The molecule has 0 aliphatic carbocycles. The second kappa shape index (κ2) is 6.92. The Morgan fingerprint density at radius 1 is 1.31 bits per heavy atom. The van der Waals surface area contributed by atoms with E-state index in [0.29, 0.717) is 24.8 Å². The number of amides is 1. The summed E-state index contributed by atoms with van der Waals surface area (Å²) in [5.74, 6) is 0. The SMILES string of the molecule is CC(C)(C)OC(=O)N1C2CCCC1CC(O)(Cc1ccccc1C#N)C2. The molecule has 1 amide bonds. The molecule has 0 saturated carbocycles. The molecule has 0 spiro atoms. The molecule has 2 aliphatic rings. The van der Waals surface area contributed by atoms with Gasteiger partial charge in [-0.3, -0.25) is 0 Å². The lowest BCUT2D eigenvalue weighted by atomic mass is 9.73. The third-order valence-electron chi connectivity index (χ3n) is 5.35. The smallest absolute Gasteiger partial charge is 0.410 e. The molecular weight excluding hydrogens is 328 g/mol. The number of carbonyl (C=O) groups is 1. The van der Waals surface area contributed by atoms with Crippen LogP contribution in [0.25, 0.3) is 0 Å². The van der Waals surface area contributed by atoms with E-state index in [9.17, 15) is 15.2 Å². The maximum Gasteiger partial charge on any atom is 0.410 e. The number of rotatable bonds is 2. The van der Waals surface area contributed by atoms with Crippen LogP contribution in [0.15, 0.2) is 24.3 Å². The van der Waals surface area contributed by atoms with Gasteiger partial charge < -0.3 is 14.7 Å². The van der Waals surface area contributed by atoms with Crippen molar-refractivity contribution in [3.05, 3.63) is 35.4 Å². The van der Waals surface area contributed by atoms with Gasteiger partial charge in [-0.25, -0.2) is 4.79 Å². The summed E-state index contributed by atoms with van der Waals surface area (Å²) in [5.41, 5.74) is 0.0773. The molecule has 1 aromatic rings. The Kier molecular flexibility index (Phi) is 4.98. The molecule has 2 aliphatic heterocycles. The molecule has 26 heavy (non-hydrogen) atoms. The first-order valence-electron chi connectivity index (χ1n) is 9.42. The van der Waals surface area contributed by atoms with E-state index in [1.807, 2.05) is 43.9 Å². The van der Waals surface area contributed by atoms with Crippen molar-refractivity contribution in [2.75, 3.05) is 0 Å². The highest BCUT2D eigenvalue weighted by Gasteiger charge is 2.48. The summed E-state index contributed by atoms with van der Waals surface area (Å²) in [7, 11) is 0. The standard InChI is InChI=1S/C21H28N2O3/c1-20(2,3)26-19(24)23-17-9-6-10-18(23)13-21(25,12-17)11-15-7-4-5-8-16(15)14-22/h4-5,7-8,17-18,25H,6,9-13H2,1-3H3. The maximum atomic E-state index is 12.7. The molecule has 140 valence electrons. The number of ether oxygens (including phenoxy) is 1. The van der Waals surface area contributed by atoms with E-state index in [1.54, 1.807) is 6.07 Å². The topological polar surface area (TPSA) is 73.6 Å². The van der Waals surface area contributed by atoms with E-state index >= 15 is 0 Å². The molecule has 3 rings (SSSR count). The average Bonchev–Trinajstić information content (AvgIpc) is 2.52. The number of piperidine rings is 2. The zero-order valence-corrected chi connectivity index (χ0v) is 15.9. The van der Waals surface area contributed by atoms with Crippen LogP contribution in [-0.2, 0) is 11.2 Å². The van der Waals surface area contributed by atoms with E-state index < -0.39 is 11.2 Å². The Bertz CT molecular complexity index is 703. The van der Waals surface area contributed by atoms with Crippen LogP contribution >= 0.6 is 0 Å². The lowest BCUT2D eigenvalue weighted by molar-refractivity contribution is -0.0919. The molecule has 5 nitrogen and oxygen atoms in total. The van der Waals surface area contributed by atoms with Crippen LogP contribution in [-0.4, -0.2) is 39.4 Å². The fourth-order valence-electron chi connectivity index (χ4n) is 4.42. The van der Waals surface area contributed by atoms with Gasteiger partial charge in [0, 0.05) is 18.5 Å². The lowest BCUT2D eigenvalue weighted by Gasteiger charge is -2.51. The van der Waals surface area contributed by atoms with E-state index in [-0.39, 0.29) is 18.2 Å². The van der Waals surface area contributed by atoms with Crippen molar-refractivity contribution in [1.29, 1.82) is 5.26 Å². The van der Waals surface area contributed by atoms with Crippen LogP contribution < -0.4 is 0 Å². The van der Waals surface area contributed by atoms with Crippen molar-refractivity contribution in [3.8, 4) is 6.07 Å². The van der Waals surface area contributed by atoms with Crippen LogP contribution in [0.4, 0.5) is 4.79 Å². The van der Waals surface area contributed by atoms with Gasteiger partial charge in [0.1, 0.15) is 5.60 Å². The highest BCUT2D eigenvalue weighted by molar-refractivity contribution is 5.69. The average molecular weight is 356 g/mol. The minimum atomic E-state index is -0.888. The third-order valence-corrected chi connectivity index (χ3v) is 5.35. The molecule has 0 aromatic heterocycles. The summed E-state index contributed by atoms with van der Waals surface area (Å²) in [6.45, 7) is 5.62. The first-order chi connectivity index (χ1) is 12.2. The zero-order valence-electron chi connectivity index (χ0n) is 15.9. The lowest BCUT2D eigenvalue weighted by Crippen LogP contribution is -2.61. The highest BCUT2D eigenvalue weighted by atomic mass is 16.6. The molecule has 1 N–H and O–H groups in total. The Hall–Kier alpha value is -2.06. The number of nitrogens with zero attached hydrogens (tertiary/aromatic N) is 2. The molecule has 2 unspecified atom stereocenters. The van der Waals surface area contributed by atoms with Gasteiger partial charge in [0.15, 0.2) is 0 Å². The van der Waals surface area contributed by atoms with E-state index in [4.69, 9.17) is 4.74 Å². The second-order valence-corrected chi connectivity index (χ2v) is 8.70. The number of benzene rings is 1. The Morgan fingerprint density at radius 3 is 2.50 bits per heavy atom. The van der Waals surface area contributed by atoms with E-state index in [2.05, 4.69) is 6.07 Å².